The Bertz CT molecular complexity index is 338. The molecule has 0 saturated heterocycles. The molecule has 0 radical (unpaired) electrons. The summed E-state index contributed by atoms with van der Waals surface area (Å²) in [6.07, 6.45) is 0. The van der Waals surface area contributed by atoms with Gasteiger partial charge in [0.05, 0.1) is 0 Å². The van der Waals surface area contributed by atoms with Crippen LogP contribution in [0.25, 0.3) is 0 Å². The first-order valence-electron chi connectivity index (χ1n) is 3.94. The molecule has 0 spiro atoms. The second-order valence-corrected chi connectivity index (χ2v) is 4.05. The molecule has 0 heterocycles. The van der Waals surface area contributed by atoms with Gasteiger partial charge in [-0.25, -0.2) is 0 Å². The summed E-state index contributed by atoms with van der Waals surface area (Å²) in [5.41, 5.74) is 26.8. The van der Waals surface area contributed by atoms with Gasteiger partial charge in [-0.1, -0.05) is 0 Å². The van der Waals surface area contributed by atoms with Crippen LogP contribution in [0.4, 0.5) is 0 Å². The van der Waals surface area contributed by atoms with Crippen molar-refractivity contribution in [1.29, 1.82) is 16.2 Å². The van der Waals surface area contributed by atoms with E-state index in [0.717, 1.165) is 0 Å². The molecule has 0 aromatic rings. The maximum absolute atomic E-state index is 8.55. The monoisotopic (exact) mass is 439 g/mol. The number of hydrogen-bond donors (Lipinski definition) is 9. The molecular formula is C3H15Mg3N9O8P2. The van der Waals surface area contributed by atoms with Crippen LogP contribution in [0.15, 0.2) is 0 Å². The Labute approximate surface area is 190 Å². The van der Waals surface area contributed by atoms with Gasteiger partial charge >= 0.3 is 69.2 Å². The van der Waals surface area contributed by atoms with Crippen LogP contribution in [0.5, 0.6) is 0 Å². The van der Waals surface area contributed by atoms with Crippen LogP contribution in [0.1, 0.15) is 0 Å². The van der Waals surface area contributed by atoms with E-state index in [0.29, 0.717) is 0 Å². The topological polar surface area (TPSA) is 400 Å². The van der Waals surface area contributed by atoms with Crippen LogP contribution in [-0.2, 0) is 9.13 Å². The van der Waals surface area contributed by atoms with Crippen LogP contribution >= 0.6 is 15.6 Å². The number of guanidine groups is 3. The molecule has 0 aliphatic heterocycles. The molecule has 0 atom stereocenters. The van der Waals surface area contributed by atoms with E-state index in [2.05, 4.69) is 34.4 Å². The molecule has 22 heteroatoms. The standard InChI is InChI=1S/3CH5N3.3Mg.2H3O4P/c3*2-1(3)4;;;;2*1-5(2,3)4/h3*(H5,2,3,4);;;;2*(H3,1,2,3,4)/q;;;3*+2;;/p-6. The third-order valence-electron chi connectivity index (χ3n) is 0. The van der Waals surface area contributed by atoms with Gasteiger partial charge in [-0.2, -0.15) is 15.6 Å². The molecule has 0 unspecified atom stereocenters. The fourth-order valence-electron chi connectivity index (χ4n) is 0. The Hall–Kier alpha value is 0.329. The third kappa shape index (κ3) is 112000. The first kappa shape index (κ1) is 49.9. The van der Waals surface area contributed by atoms with Gasteiger partial charge in [-0.05, 0) is 0 Å². The SMILES string of the molecule is N=C(N)N.N=C(N)N.N=C(N)N.O=P([O-])([O-])[O-].O=P([O-])([O-])[O-].[Mg+2].[Mg+2].[Mg+2]. The van der Waals surface area contributed by atoms with Crippen molar-refractivity contribution in [1.82, 2.24) is 0 Å². The summed E-state index contributed by atoms with van der Waals surface area (Å²) in [7, 11) is -10.8. The smallest absolute Gasteiger partial charge is 0.822 e. The van der Waals surface area contributed by atoms with Crippen molar-refractivity contribution in [3.8, 4) is 0 Å². The summed E-state index contributed by atoms with van der Waals surface area (Å²) in [5, 5.41) is 18.2. The van der Waals surface area contributed by atoms with E-state index < -0.39 is 15.6 Å². The summed E-state index contributed by atoms with van der Waals surface area (Å²) in [4.78, 5) is 51.3. The van der Waals surface area contributed by atoms with Crippen molar-refractivity contribution in [3.63, 3.8) is 0 Å². The molecule has 0 saturated carbocycles. The molecule has 0 aliphatic carbocycles. The molecular weight excluding hydrogens is 425 g/mol. The minimum Gasteiger partial charge on any atom is -0.822 e. The average molecular weight is 440 g/mol. The zero-order chi connectivity index (χ0) is 19.7. The number of nitrogens with one attached hydrogen (secondary N) is 3. The van der Waals surface area contributed by atoms with Gasteiger partial charge in [0.25, 0.3) is 0 Å². The van der Waals surface area contributed by atoms with Crippen molar-refractivity contribution in [2.75, 3.05) is 0 Å². The number of rotatable bonds is 0. The quantitative estimate of drug-likeness (QED) is 0.0730. The van der Waals surface area contributed by atoms with Gasteiger partial charge < -0.3 is 72.9 Å². The van der Waals surface area contributed by atoms with Gasteiger partial charge in [-0.3, -0.25) is 16.2 Å². The summed E-state index contributed by atoms with van der Waals surface area (Å²) in [6, 6.07) is 0. The van der Waals surface area contributed by atoms with Crippen LogP contribution in [0, 0.1) is 16.2 Å². The van der Waals surface area contributed by atoms with Crippen molar-refractivity contribution < 1.29 is 38.5 Å². The largest absolute Gasteiger partial charge is 2.00 e. The molecule has 25 heavy (non-hydrogen) atoms. The van der Waals surface area contributed by atoms with Gasteiger partial charge in [0.2, 0.25) is 0 Å². The van der Waals surface area contributed by atoms with Gasteiger partial charge in [0.1, 0.15) is 0 Å². The Morgan fingerprint density at radius 3 is 0.520 bits per heavy atom. The minimum atomic E-state index is -5.39. The first-order valence-corrected chi connectivity index (χ1v) is 6.86. The molecule has 0 aromatic heterocycles. The van der Waals surface area contributed by atoms with Crippen LogP contribution in [0.2, 0.25) is 0 Å². The van der Waals surface area contributed by atoms with Gasteiger partial charge in [-0.15, -0.1) is 0 Å². The van der Waals surface area contributed by atoms with E-state index in [-0.39, 0.29) is 87.0 Å². The maximum Gasteiger partial charge on any atom is 2.00 e. The van der Waals surface area contributed by atoms with E-state index in [9.17, 15) is 0 Å². The van der Waals surface area contributed by atoms with E-state index in [1.54, 1.807) is 0 Å². The predicted octanol–water partition coefficient (Wildman–Crippen LogP) is -10.3. The maximum atomic E-state index is 8.55. The van der Waals surface area contributed by atoms with Crippen molar-refractivity contribution >= 4 is 103 Å². The van der Waals surface area contributed by atoms with Crippen molar-refractivity contribution in [2.45, 2.75) is 0 Å². The molecule has 17 nitrogen and oxygen atoms in total. The van der Waals surface area contributed by atoms with E-state index in [4.69, 9.17) is 54.7 Å². The fraction of sp³-hybridized carbons (Fsp3) is 0. The molecule has 136 valence electrons. The molecule has 0 rings (SSSR count). The second-order valence-electron chi connectivity index (χ2n) is 2.26. The van der Waals surface area contributed by atoms with Crippen molar-refractivity contribution in [2.24, 2.45) is 34.4 Å². The Morgan fingerprint density at radius 1 is 0.520 bits per heavy atom. The van der Waals surface area contributed by atoms with E-state index in [1.807, 2.05) is 0 Å². The number of nitrogens with two attached hydrogens (primary N) is 6. The Morgan fingerprint density at radius 2 is 0.520 bits per heavy atom. The zero-order valence-electron chi connectivity index (χ0n) is 12.7. The minimum absolute atomic E-state index is 0. The summed E-state index contributed by atoms with van der Waals surface area (Å²) < 4.78 is 17.1. The number of hydrogen-bond acceptors (Lipinski definition) is 11. The molecule has 0 bridgehead atoms. The number of phosphoric acid groups is 2. The van der Waals surface area contributed by atoms with Gasteiger partial charge in [0.15, 0.2) is 17.9 Å². The summed E-state index contributed by atoms with van der Waals surface area (Å²) in [5.74, 6) is -1.000. The fourth-order valence-corrected chi connectivity index (χ4v) is 0. The van der Waals surface area contributed by atoms with Crippen LogP contribution in [-0.4, -0.2) is 87.0 Å². The van der Waals surface area contributed by atoms with Gasteiger partial charge in [0, 0.05) is 0 Å². The summed E-state index contributed by atoms with van der Waals surface area (Å²) >= 11 is 0. The van der Waals surface area contributed by atoms with Crippen molar-refractivity contribution in [3.05, 3.63) is 0 Å². The van der Waals surface area contributed by atoms with E-state index >= 15 is 0 Å². The first-order chi connectivity index (χ1) is 9.20. The Balaban J connectivity index is -0.0000000235. The molecule has 15 N–H and O–H groups in total. The van der Waals surface area contributed by atoms with Crippen LogP contribution in [0.3, 0.4) is 0 Å². The summed E-state index contributed by atoms with van der Waals surface area (Å²) in [6.45, 7) is 0. The zero-order valence-corrected chi connectivity index (χ0v) is 18.8. The Kier molecular flexibility index (Phi) is 58.1. The second kappa shape index (κ2) is 29.1. The molecule has 0 fully saturated rings. The normalized spacial score (nSPS) is 7.60. The molecule has 0 aromatic carbocycles. The molecule has 0 amide bonds. The van der Waals surface area contributed by atoms with E-state index in [1.165, 1.54) is 0 Å². The predicted molar refractivity (Wildman–Crippen MR) is 80.8 cm³/mol. The average Bonchev–Trinajstić information content (AvgIpc) is 1.88. The third-order valence-corrected chi connectivity index (χ3v) is 0. The van der Waals surface area contributed by atoms with Crippen LogP contribution < -0.4 is 63.8 Å². The molecule has 0 aliphatic rings.